The summed E-state index contributed by atoms with van der Waals surface area (Å²) in [5, 5.41) is 6.91. The number of halogens is 1. The van der Waals surface area contributed by atoms with E-state index in [2.05, 4.69) is 29.5 Å². The van der Waals surface area contributed by atoms with Crippen LogP contribution in [0.2, 0.25) is 0 Å². The quantitative estimate of drug-likeness (QED) is 0.379. The second-order valence-corrected chi connectivity index (χ2v) is 5.99. The fraction of sp³-hybridized carbons (Fsp3) is 0.667. The summed E-state index contributed by atoms with van der Waals surface area (Å²) in [6.45, 7) is 6.32. The summed E-state index contributed by atoms with van der Waals surface area (Å²) >= 11 is 0. The molecule has 2 N–H and O–H groups in total. The number of nitrogens with one attached hydrogen (secondary N) is 2. The van der Waals surface area contributed by atoms with E-state index >= 15 is 0 Å². The minimum atomic E-state index is 0. The van der Waals surface area contributed by atoms with E-state index in [4.69, 9.17) is 9.73 Å². The molecule has 0 saturated heterocycles. The Hall–Kier alpha value is -1.05. The molecule has 1 aromatic heterocycles. The molecule has 0 amide bonds. The van der Waals surface area contributed by atoms with E-state index in [1.165, 1.54) is 32.1 Å². The van der Waals surface area contributed by atoms with Crippen molar-refractivity contribution in [3.63, 3.8) is 0 Å². The Morgan fingerprint density at radius 3 is 2.79 bits per heavy atom. The van der Waals surface area contributed by atoms with E-state index in [1.54, 1.807) is 6.20 Å². The zero-order chi connectivity index (χ0) is 16.3. The standard InChI is InChI=1S/C18H30N4O.HI/c1-3-13-23-17-15(9-8-12-20-17)14-21-18(19-4-2)22-16-10-6-5-7-11-16;/h8-9,12,16H,3-7,10-11,13-14H2,1-2H3,(H2,19,21,22);1H. The maximum atomic E-state index is 5.71. The number of nitrogens with zero attached hydrogens (tertiary/aromatic N) is 2. The molecule has 0 unspecified atom stereocenters. The highest BCUT2D eigenvalue weighted by atomic mass is 127. The Bertz CT molecular complexity index is 490. The van der Waals surface area contributed by atoms with Gasteiger partial charge in [0.25, 0.3) is 0 Å². The van der Waals surface area contributed by atoms with Crippen LogP contribution in [0.15, 0.2) is 23.3 Å². The number of aliphatic imine (C=N–C) groups is 1. The van der Waals surface area contributed by atoms with Crippen molar-refractivity contribution < 1.29 is 4.74 Å². The lowest BCUT2D eigenvalue weighted by Gasteiger charge is -2.24. The summed E-state index contributed by atoms with van der Waals surface area (Å²) in [4.78, 5) is 9.04. The number of ether oxygens (including phenoxy) is 1. The number of aromatic nitrogens is 1. The lowest BCUT2D eigenvalue weighted by atomic mass is 9.96. The molecule has 1 saturated carbocycles. The first kappa shape index (κ1) is 21.0. The molecule has 0 aliphatic heterocycles. The van der Waals surface area contributed by atoms with Crippen molar-refractivity contribution in [2.24, 2.45) is 4.99 Å². The predicted molar refractivity (Wildman–Crippen MR) is 110 cm³/mol. The van der Waals surface area contributed by atoms with Crippen LogP contribution in [0, 0.1) is 0 Å². The first-order valence-electron chi connectivity index (χ1n) is 8.95. The van der Waals surface area contributed by atoms with Crippen LogP contribution in [-0.4, -0.2) is 30.1 Å². The van der Waals surface area contributed by atoms with Gasteiger partial charge in [-0.1, -0.05) is 32.3 Å². The average molecular weight is 446 g/mol. The molecule has 1 fully saturated rings. The van der Waals surface area contributed by atoms with Crippen molar-refractivity contribution in [1.82, 2.24) is 15.6 Å². The SMILES string of the molecule is CCCOc1ncccc1CN=C(NCC)NC1CCCCC1.I. The average Bonchev–Trinajstić information content (AvgIpc) is 2.59. The molecule has 0 spiro atoms. The summed E-state index contributed by atoms with van der Waals surface area (Å²) in [5.74, 6) is 1.59. The summed E-state index contributed by atoms with van der Waals surface area (Å²) in [7, 11) is 0. The van der Waals surface area contributed by atoms with Gasteiger partial charge in [-0.3, -0.25) is 0 Å². The van der Waals surface area contributed by atoms with E-state index in [0.29, 0.717) is 25.1 Å². The van der Waals surface area contributed by atoms with Crippen molar-refractivity contribution in [3.8, 4) is 5.88 Å². The zero-order valence-electron chi connectivity index (χ0n) is 14.9. The second kappa shape index (κ2) is 12.3. The summed E-state index contributed by atoms with van der Waals surface area (Å²) in [6.07, 6.45) is 9.21. The molecule has 1 aliphatic rings. The van der Waals surface area contributed by atoms with Crippen LogP contribution in [0.1, 0.15) is 57.9 Å². The second-order valence-electron chi connectivity index (χ2n) is 5.99. The first-order chi connectivity index (χ1) is 11.3. The summed E-state index contributed by atoms with van der Waals surface area (Å²) in [6, 6.07) is 4.52. The Balaban J connectivity index is 0.00000288. The van der Waals surface area contributed by atoms with Gasteiger partial charge < -0.3 is 15.4 Å². The largest absolute Gasteiger partial charge is 0.477 e. The smallest absolute Gasteiger partial charge is 0.218 e. The molecular weight excluding hydrogens is 415 g/mol. The van der Waals surface area contributed by atoms with Crippen LogP contribution in [-0.2, 0) is 6.54 Å². The van der Waals surface area contributed by atoms with Gasteiger partial charge in [-0.05, 0) is 32.3 Å². The fourth-order valence-electron chi connectivity index (χ4n) is 2.80. The third kappa shape index (κ3) is 7.23. The van der Waals surface area contributed by atoms with Crippen LogP contribution >= 0.6 is 24.0 Å². The van der Waals surface area contributed by atoms with Crippen LogP contribution in [0.5, 0.6) is 5.88 Å². The van der Waals surface area contributed by atoms with Crippen molar-refractivity contribution >= 4 is 29.9 Å². The normalized spacial score (nSPS) is 15.5. The summed E-state index contributed by atoms with van der Waals surface area (Å²) < 4.78 is 5.71. The van der Waals surface area contributed by atoms with Crippen molar-refractivity contribution in [2.75, 3.05) is 13.2 Å². The van der Waals surface area contributed by atoms with Gasteiger partial charge in [-0.15, -0.1) is 24.0 Å². The molecule has 0 radical (unpaired) electrons. The molecule has 1 heterocycles. The van der Waals surface area contributed by atoms with Gasteiger partial charge in [0, 0.05) is 24.3 Å². The zero-order valence-corrected chi connectivity index (χ0v) is 17.2. The van der Waals surface area contributed by atoms with Gasteiger partial charge in [-0.25, -0.2) is 9.98 Å². The lowest BCUT2D eigenvalue weighted by Crippen LogP contribution is -2.44. The van der Waals surface area contributed by atoms with Crippen molar-refractivity contribution in [1.29, 1.82) is 0 Å². The summed E-state index contributed by atoms with van der Waals surface area (Å²) in [5.41, 5.74) is 1.03. The molecular formula is C18H31IN4O. The van der Waals surface area contributed by atoms with Gasteiger partial charge in [0.05, 0.1) is 13.2 Å². The van der Waals surface area contributed by atoms with Crippen molar-refractivity contribution in [2.45, 2.75) is 65.0 Å². The number of rotatable bonds is 7. The molecule has 0 aromatic carbocycles. The van der Waals surface area contributed by atoms with Gasteiger partial charge in [0.2, 0.25) is 5.88 Å². The molecule has 2 rings (SSSR count). The molecule has 136 valence electrons. The minimum Gasteiger partial charge on any atom is -0.477 e. The van der Waals surface area contributed by atoms with Gasteiger partial charge >= 0.3 is 0 Å². The highest BCUT2D eigenvalue weighted by Gasteiger charge is 2.14. The Kier molecular flexibility index (Phi) is 10.8. The third-order valence-corrected chi connectivity index (χ3v) is 3.99. The Labute approximate surface area is 163 Å². The number of hydrogen-bond acceptors (Lipinski definition) is 3. The molecule has 0 bridgehead atoms. The monoisotopic (exact) mass is 446 g/mol. The first-order valence-corrected chi connectivity index (χ1v) is 8.95. The fourth-order valence-corrected chi connectivity index (χ4v) is 2.80. The van der Waals surface area contributed by atoms with E-state index < -0.39 is 0 Å². The highest BCUT2D eigenvalue weighted by molar-refractivity contribution is 14.0. The Morgan fingerprint density at radius 2 is 2.08 bits per heavy atom. The third-order valence-electron chi connectivity index (χ3n) is 3.99. The van der Waals surface area contributed by atoms with E-state index in [0.717, 1.165) is 24.5 Å². The minimum absolute atomic E-state index is 0. The van der Waals surface area contributed by atoms with Crippen LogP contribution in [0.3, 0.4) is 0 Å². The van der Waals surface area contributed by atoms with Crippen LogP contribution < -0.4 is 15.4 Å². The topological polar surface area (TPSA) is 58.5 Å². The van der Waals surface area contributed by atoms with Gasteiger partial charge in [0.15, 0.2) is 5.96 Å². The van der Waals surface area contributed by atoms with Gasteiger partial charge in [-0.2, -0.15) is 0 Å². The molecule has 1 aromatic rings. The van der Waals surface area contributed by atoms with E-state index in [1.807, 2.05) is 12.1 Å². The predicted octanol–water partition coefficient (Wildman–Crippen LogP) is 3.88. The maximum absolute atomic E-state index is 5.71. The van der Waals surface area contributed by atoms with Crippen molar-refractivity contribution in [3.05, 3.63) is 23.9 Å². The molecule has 24 heavy (non-hydrogen) atoms. The molecule has 0 atom stereocenters. The van der Waals surface area contributed by atoms with E-state index in [-0.39, 0.29) is 24.0 Å². The van der Waals surface area contributed by atoms with Crippen LogP contribution in [0.4, 0.5) is 0 Å². The molecule has 5 nitrogen and oxygen atoms in total. The molecule has 6 heteroatoms. The van der Waals surface area contributed by atoms with Gasteiger partial charge in [0.1, 0.15) is 0 Å². The highest BCUT2D eigenvalue weighted by Crippen LogP contribution is 2.18. The Morgan fingerprint density at radius 1 is 1.29 bits per heavy atom. The number of pyridine rings is 1. The number of guanidine groups is 1. The van der Waals surface area contributed by atoms with Crippen LogP contribution in [0.25, 0.3) is 0 Å². The number of hydrogen-bond donors (Lipinski definition) is 2. The molecule has 1 aliphatic carbocycles. The maximum Gasteiger partial charge on any atom is 0.218 e. The lowest BCUT2D eigenvalue weighted by molar-refractivity contribution is 0.302. The van der Waals surface area contributed by atoms with E-state index in [9.17, 15) is 0 Å².